The van der Waals surface area contributed by atoms with Gasteiger partial charge in [-0.1, -0.05) is 41.4 Å². The topological polar surface area (TPSA) is 94.6 Å². The molecule has 0 spiro atoms. The Bertz CT molecular complexity index is 1260. The molecular formula is C21H21Cl2N3O5S. The maximum Gasteiger partial charge on any atom is 0.331 e. The SMILES string of the molecule is Cc1nn(Cc2ccccc2Cl)c(Cl)c1/C=C/C(=O)OCc1ccc(S(=O)(=O)N(C)C)o1. The van der Waals surface area contributed by atoms with Crippen molar-refractivity contribution in [2.24, 2.45) is 0 Å². The number of hydrogen-bond donors (Lipinski definition) is 0. The molecule has 2 heterocycles. The van der Waals surface area contributed by atoms with Crippen LogP contribution in [-0.2, 0) is 32.7 Å². The van der Waals surface area contributed by atoms with E-state index in [-0.39, 0.29) is 17.5 Å². The van der Waals surface area contributed by atoms with Gasteiger partial charge in [-0.05, 0) is 36.8 Å². The Kier molecular flexibility index (Phi) is 7.45. The Morgan fingerprint density at radius 1 is 1.22 bits per heavy atom. The van der Waals surface area contributed by atoms with Gasteiger partial charge in [-0.2, -0.15) is 5.10 Å². The molecule has 11 heteroatoms. The van der Waals surface area contributed by atoms with Crippen LogP contribution >= 0.6 is 23.2 Å². The summed E-state index contributed by atoms with van der Waals surface area (Å²) < 4.78 is 37.1. The van der Waals surface area contributed by atoms with E-state index in [0.29, 0.717) is 28.0 Å². The predicted molar refractivity (Wildman–Crippen MR) is 121 cm³/mol. The second-order valence-corrected chi connectivity index (χ2v) is 9.84. The molecule has 0 atom stereocenters. The van der Waals surface area contributed by atoms with Crippen molar-refractivity contribution in [1.82, 2.24) is 14.1 Å². The zero-order valence-electron chi connectivity index (χ0n) is 17.6. The zero-order valence-corrected chi connectivity index (χ0v) is 19.9. The van der Waals surface area contributed by atoms with Crippen molar-refractivity contribution in [2.45, 2.75) is 25.2 Å². The zero-order chi connectivity index (χ0) is 23.5. The van der Waals surface area contributed by atoms with Gasteiger partial charge in [0.05, 0.1) is 12.2 Å². The largest absolute Gasteiger partial charge is 0.454 e. The van der Waals surface area contributed by atoms with E-state index in [9.17, 15) is 13.2 Å². The van der Waals surface area contributed by atoms with Crippen LogP contribution in [0.15, 0.2) is 52.0 Å². The van der Waals surface area contributed by atoms with Crippen LogP contribution in [-0.4, -0.2) is 42.6 Å². The molecule has 1 aromatic carbocycles. The lowest BCUT2D eigenvalue weighted by Gasteiger charge is -2.07. The fraction of sp³-hybridized carbons (Fsp3) is 0.238. The van der Waals surface area contributed by atoms with Gasteiger partial charge in [0.1, 0.15) is 17.5 Å². The summed E-state index contributed by atoms with van der Waals surface area (Å²) >= 11 is 12.6. The first-order chi connectivity index (χ1) is 15.1. The van der Waals surface area contributed by atoms with Gasteiger partial charge in [0.2, 0.25) is 5.09 Å². The number of carbonyl (C=O) groups is 1. The van der Waals surface area contributed by atoms with E-state index >= 15 is 0 Å². The van der Waals surface area contributed by atoms with Gasteiger partial charge in [0.25, 0.3) is 10.0 Å². The first-order valence-electron chi connectivity index (χ1n) is 9.42. The first-order valence-corrected chi connectivity index (χ1v) is 11.6. The van der Waals surface area contributed by atoms with Gasteiger partial charge >= 0.3 is 5.97 Å². The highest BCUT2D eigenvalue weighted by Gasteiger charge is 2.21. The molecule has 0 aliphatic carbocycles. The van der Waals surface area contributed by atoms with Gasteiger partial charge in [-0.25, -0.2) is 22.2 Å². The van der Waals surface area contributed by atoms with Gasteiger partial charge < -0.3 is 9.15 Å². The van der Waals surface area contributed by atoms with E-state index in [0.717, 1.165) is 9.87 Å². The maximum absolute atomic E-state index is 12.1. The van der Waals surface area contributed by atoms with Crippen molar-refractivity contribution in [3.05, 3.63) is 75.2 Å². The van der Waals surface area contributed by atoms with Crippen molar-refractivity contribution >= 4 is 45.3 Å². The summed E-state index contributed by atoms with van der Waals surface area (Å²) in [6.07, 6.45) is 2.73. The van der Waals surface area contributed by atoms with E-state index in [4.69, 9.17) is 32.4 Å². The van der Waals surface area contributed by atoms with Crippen molar-refractivity contribution in [3.8, 4) is 0 Å². The molecule has 2 aromatic heterocycles. The highest BCUT2D eigenvalue weighted by Crippen LogP contribution is 2.24. The number of carbonyl (C=O) groups excluding carboxylic acids is 1. The summed E-state index contributed by atoms with van der Waals surface area (Å²) in [5.41, 5.74) is 2.08. The average Bonchev–Trinajstić information content (AvgIpc) is 3.32. The number of halogens is 2. The number of rotatable bonds is 8. The van der Waals surface area contributed by atoms with Gasteiger partial charge in [0.15, 0.2) is 0 Å². The summed E-state index contributed by atoms with van der Waals surface area (Å²) in [6, 6.07) is 10.1. The second-order valence-electron chi connectivity index (χ2n) is 6.99. The third-order valence-electron chi connectivity index (χ3n) is 4.50. The number of furan rings is 1. The second kappa shape index (κ2) is 9.91. The van der Waals surface area contributed by atoms with Crippen LogP contribution in [0.3, 0.4) is 0 Å². The van der Waals surface area contributed by atoms with Crippen LogP contribution in [0.2, 0.25) is 10.2 Å². The number of nitrogens with zero attached hydrogens (tertiary/aromatic N) is 3. The van der Waals surface area contributed by atoms with E-state index < -0.39 is 16.0 Å². The van der Waals surface area contributed by atoms with Crippen LogP contribution in [0.25, 0.3) is 6.08 Å². The van der Waals surface area contributed by atoms with E-state index in [1.807, 2.05) is 18.2 Å². The minimum absolute atomic E-state index is 0.203. The summed E-state index contributed by atoms with van der Waals surface area (Å²) in [5.74, 6) is -0.443. The van der Waals surface area contributed by atoms with Gasteiger partial charge in [-0.15, -0.1) is 0 Å². The Labute approximate surface area is 196 Å². The lowest BCUT2D eigenvalue weighted by atomic mass is 10.2. The number of ether oxygens (including phenoxy) is 1. The normalized spacial score (nSPS) is 12.1. The van der Waals surface area contributed by atoms with Crippen molar-refractivity contribution < 1.29 is 22.4 Å². The number of aromatic nitrogens is 2. The molecule has 0 saturated heterocycles. The monoisotopic (exact) mass is 497 g/mol. The Morgan fingerprint density at radius 3 is 2.62 bits per heavy atom. The molecular weight excluding hydrogens is 477 g/mol. The molecule has 0 N–H and O–H groups in total. The number of sulfonamides is 1. The number of benzene rings is 1. The van der Waals surface area contributed by atoms with E-state index in [1.54, 1.807) is 17.7 Å². The van der Waals surface area contributed by atoms with Crippen LogP contribution in [0.1, 0.15) is 22.6 Å². The molecule has 3 rings (SSSR count). The Hall–Kier alpha value is -2.59. The third kappa shape index (κ3) is 5.42. The molecule has 0 amide bonds. The Morgan fingerprint density at radius 2 is 1.94 bits per heavy atom. The molecule has 0 fully saturated rings. The molecule has 0 bridgehead atoms. The quantitative estimate of drug-likeness (QED) is 0.342. The fourth-order valence-corrected chi connectivity index (χ4v) is 4.05. The average molecular weight is 498 g/mol. The van der Waals surface area contributed by atoms with Crippen LogP contribution in [0.5, 0.6) is 0 Å². The smallest absolute Gasteiger partial charge is 0.331 e. The molecule has 0 unspecified atom stereocenters. The van der Waals surface area contributed by atoms with Crippen LogP contribution < -0.4 is 0 Å². The van der Waals surface area contributed by atoms with E-state index in [1.165, 1.54) is 38.4 Å². The van der Waals surface area contributed by atoms with E-state index in [2.05, 4.69) is 5.10 Å². The highest BCUT2D eigenvalue weighted by atomic mass is 35.5. The lowest BCUT2D eigenvalue weighted by molar-refractivity contribution is -0.139. The summed E-state index contributed by atoms with van der Waals surface area (Å²) in [7, 11) is -0.904. The van der Waals surface area contributed by atoms with Crippen LogP contribution in [0, 0.1) is 6.92 Å². The number of esters is 1. The number of aryl methyl sites for hydroxylation is 1. The summed E-state index contributed by atoms with van der Waals surface area (Å²) in [5, 5.41) is 5.15. The van der Waals surface area contributed by atoms with Gasteiger partial charge in [0, 0.05) is 30.8 Å². The minimum atomic E-state index is -3.69. The lowest BCUT2D eigenvalue weighted by Crippen LogP contribution is -2.21. The van der Waals surface area contributed by atoms with Crippen molar-refractivity contribution in [3.63, 3.8) is 0 Å². The molecule has 3 aromatic rings. The first kappa shape index (κ1) is 24.1. The highest BCUT2D eigenvalue weighted by molar-refractivity contribution is 7.88. The van der Waals surface area contributed by atoms with Gasteiger partial charge in [-0.3, -0.25) is 0 Å². The Balaban J connectivity index is 1.64. The predicted octanol–water partition coefficient (Wildman–Crippen LogP) is 4.15. The minimum Gasteiger partial charge on any atom is -0.454 e. The molecule has 0 aliphatic heterocycles. The fourth-order valence-electron chi connectivity index (χ4n) is 2.75. The molecule has 32 heavy (non-hydrogen) atoms. The van der Waals surface area contributed by atoms with Crippen molar-refractivity contribution in [2.75, 3.05) is 14.1 Å². The molecule has 0 radical (unpaired) electrons. The number of hydrogen-bond acceptors (Lipinski definition) is 6. The maximum atomic E-state index is 12.1. The third-order valence-corrected chi connectivity index (χ3v) is 6.96. The molecule has 0 aliphatic rings. The van der Waals surface area contributed by atoms with Crippen molar-refractivity contribution in [1.29, 1.82) is 0 Å². The summed E-state index contributed by atoms with van der Waals surface area (Å²) in [6.45, 7) is 1.94. The molecule has 8 nitrogen and oxygen atoms in total. The van der Waals surface area contributed by atoms with Crippen LogP contribution in [0.4, 0.5) is 0 Å². The molecule has 0 saturated carbocycles. The summed E-state index contributed by atoms with van der Waals surface area (Å²) in [4.78, 5) is 12.1. The standard InChI is InChI=1S/C21H21Cl2N3O5S/c1-14-17(21(23)26(24-14)12-15-6-4-5-7-18(15)22)9-10-19(27)30-13-16-8-11-20(31-16)32(28,29)25(2)3/h4-11H,12-13H2,1-3H3/b10-9+. The molecule has 170 valence electrons.